The van der Waals surface area contributed by atoms with Crippen LogP contribution < -0.4 is 16.0 Å². The van der Waals surface area contributed by atoms with Crippen molar-refractivity contribution >= 4 is 23.2 Å². The summed E-state index contributed by atoms with van der Waals surface area (Å²) in [6.07, 6.45) is 4.18. The van der Waals surface area contributed by atoms with Gasteiger partial charge in [-0.3, -0.25) is 9.78 Å². The minimum Gasteiger partial charge on any atom is -0.367 e. The van der Waals surface area contributed by atoms with Gasteiger partial charge in [0.15, 0.2) is 5.82 Å². The lowest BCUT2D eigenvalue weighted by atomic mass is 9.96. The molecule has 7 nitrogen and oxygen atoms in total. The van der Waals surface area contributed by atoms with Crippen LogP contribution in [-0.4, -0.2) is 34.2 Å². The zero-order valence-corrected chi connectivity index (χ0v) is 15.8. The van der Waals surface area contributed by atoms with E-state index in [4.69, 9.17) is 0 Å². The number of anilines is 3. The van der Waals surface area contributed by atoms with Crippen LogP contribution in [0.2, 0.25) is 0 Å². The van der Waals surface area contributed by atoms with Crippen molar-refractivity contribution in [2.45, 2.75) is 19.3 Å². The predicted octanol–water partition coefficient (Wildman–Crippen LogP) is 3.34. The Kier molecular flexibility index (Phi) is 6.89. The van der Waals surface area contributed by atoms with Gasteiger partial charge in [0.25, 0.3) is 0 Å². The molecule has 0 bridgehead atoms. The summed E-state index contributed by atoms with van der Waals surface area (Å²) < 4.78 is 0. The first kappa shape index (κ1) is 19.3. The summed E-state index contributed by atoms with van der Waals surface area (Å²) in [5, 5.41) is 17.6. The van der Waals surface area contributed by atoms with Gasteiger partial charge in [0, 0.05) is 31.2 Å². The van der Waals surface area contributed by atoms with E-state index >= 15 is 0 Å². The fourth-order valence-corrected chi connectivity index (χ4v) is 2.83. The molecule has 144 valence electrons. The van der Waals surface area contributed by atoms with Gasteiger partial charge in [0.2, 0.25) is 5.91 Å². The second-order valence-electron chi connectivity index (χ2n) is 6.25. The molecule has 0 spiro atoms. The van der Waals surface area contributed by atoms with Crippen molar-refractivity contribution < 1.29 is 4.79 Å². The molecule has 3 N–H and O–H groups in total. The highest BCUT2D eigenvalue weighted by Crippen LogP contribution is 2.19. The molecular formula is C21H24N6O. The van der Waals surface area contributed by atoms with E-state index in [2.05, 4.69) is 31.1 Å². The molecule has 1 atom stereocenters. The van der Waals surface area contributed by atoms with E-state index in [0.717, 1.165) is 17.7 Å². The van der Waals surface area contributed by atoms with Crippen LogP contribution in [0, 0.1) is 0 Å². The van der Waals surface area contributed by atoms with Crippen molar-refractivity contribution in [3.05, 3.63) is 72.6 Å². The number of nitrogens with zero attached hydrogens (tertiary/aromatic N) is 3. The van der Waals surface area contributed by atoms with Gasteiger partial charge in [-0.15, -0.1) is 10.2 Å². The summed E-state index contributed by atoms with van der Waals surface area (Å²) in [7, 11) is 0. The molecule has 28 heavy (non-hydrogen) atoms. The van der Waals surface area contributed by atoms with E-state index in [1.807, 2.05) is 61.5 Å². The van der Waals surface area contributed by atoms with Crippen LogP contribution in [-0.2, 0) is 4.79 Å². The number of pyridine rings is 1. The molecule has 7 heteroatoms. The van der Waals surface area contributed by atoms with E-state index in [0.29, 0.717) is 24.7 Å². The molecule has 1 aromatic carbocycles. The number of amides is 1. The van der Waals surface area contributed by atoms with E-state index in [-0.39, 0.29) is 11.8 Å². The summed E-state index contributed by atoms with van der Waals surface area (Å²) in [5.74, 6) is 1.22. The lowest BCUT2D eigenvalue weighted by Gasteiger charge is -2.15. The fourth-order valence-electron chi connectivity index (χ4n) is 2.83. The van der Waals surface area contributed by atoms with Crippen LogP contribution >= 0.6 is 0 Å². The molecule has 0 saturated carbocycles. The molecule has 2 aromatic heterocycles. The topological polar surface area (TPSA) is 91.8 Å². The third kappa shape index (κ3) is 5.51. The Morgan fingerprint density at radius 1 is 0.929 bits per heavy atom. The maximum Gasteiger partial charge on any atom is 0.227 e. The van der Waals surface area contributed by atoms with Crippen molar-refractivity contribution in [1.29, 1.82) is 0 Å². The fraction of sp³-hybridized carbons (Fsp3) is 0.238. The number of carbonyl (C=O) groups is 1. The Morgan fingerprint density at radius 2 is 1.64 bits per heavy atom. The number of carbonyl (C=O) groups excluding carboxylic acids is 1. The van der Waals surface area contributed by atoms with Gasteiger partial charge in [0.1, 0.15) is 5.82 Å². The van der Waals surface area contributed by atoms with Crippen LogP contribution in [0.1, 0.15) is 24.8 Å². The summed E-state index contributed by atoms with van der Waals surface area (Å²) in [6.45, 7) is 3.11. The van der Waals surface area contributed by atoms with E-state index < -0.39 is 0 Å². The van der Waals surface area contributed by atoms with Crippen molar-refractivity contribution in [2.75, 3.05) is 23.7 Å². The predicted molar refractivity (Wildman–Crippen MR) is 111 cm³/mol. The van der Waals surface area contributed by atoms with Crippen LogP contribution in [0.15, 0.2) is 67.0 Å². The Labute approximate surface area is 164 Å². The Bertz CT molecular complexity index is 855. The standard InChI is InChI=1S/C21H24N6O/c1-2-18(16-6-4-3-5-7-16)21(28)24-15-14-23-19-8-9-20(27-26-19)25-17-10-12-22-13-11-17/h3-13,18H,2,14-15H2,1H3,(H,23,26)(H,24,28)(H,22,25,27)/t18-/m1/s1. The number of aromatic nitrogens is 3. The van der Waals surface area contributed by atoms with Gasteiger partial charge in [-0.25, -0.2) is 0 Å². The maximum atomic E-state index is 12.4. The highest BCUT2D eigenvalue weighted by atomic mass is 16.1. The SMILES string of the molecule is CC[C@@H](C(=O)NCCNc1ccc(Nc2ccncc2)nn1)c1ccccc1. The second-order valence-corrected chi connectivity index (χ2v) is 6.25. The normalized spacial score (nSPS) is 11.5. The molecule has 2 heterocycles. The van der Waals surface area contributed by atoms with Gasteiger partial charge in [-0.05, 0) is 36.2 Å². The monoisotopic (exact) mass is 376 g/mol. The molecule has 0 fully saturated rings. The Balaban J connectivity index is 1.43. The third-order valence-electron chi connectivity index (χ3n) is 4.27. The minimum absolute atomic E-state index is 0.0403. The van der Waals surface area contributed by atoms with Crippen LogP contribution in [0.5, 0.6) is 0 Å². The molecule has 0 aliphatic rings. The summed E-state index contributed by atoms with van der Waals surface area (Å²) in [6, 6.07) is 17.2. The first-order valence-corrected chi connectivity index (χ1v) is 9.33. The molecule has 0 aliphatic heterocycles. The Hall–Kier alpha value is -3.48. The molecule has 1 amide bonds. The lowest BCUT2D eigenvalue weighted by molar-refractivity contribution is -0.122. The van der Waals surface area contributed by atoms with E-state index in [1.165, 1.54) is 0 Å². The van der Waals surface area contributed by atoms with Gasteiger partial charge >= 0.3 is 0 Å². The second kappa shape index (κ2) is 10.0. The number of nitrogens with one attached hydrogen (secondary N) is 3. The molecule has 3 rings (SSSR count). The first-order valence-electron chi connectivity index (χ1n) is 9.33. The number of hydrogen-bond donors (Lipinski definition) is 3. The average Bonchev–Trinajstić information content (AvgIpc) is 2.74. The highest BCUT2D eigenvalue weighted by Gasteiger charge is 2.17. The molecular weight excluding hydrogens is 352 g/mol. The van der Waals surface area contributed by atoms with Gasteiger partial charge in [-0.2, -0.15) is 0 Å². The maximum absolute atomic E-state index is 12.4. The van der Waals surface area contributed by atoms with E-state index in [9.17, 15) is 4.79 Å². The van der Waals surface area contributed by atoms with Crippen molar-refractivity contribution in [3.63, 3.8) is 0 Å². The lowest BCUT2D eigenvalue weighted by Crippen LogP contribution is -2.33. The third-order valence-corrected chi connectivity index (χ3v) is 4.27. The van der Waals surface area contributed by atoms with Crippen LogP contribution in [0.4, 0.5) is 17.3 Å². The summed E-state index contributed by atoms with van der Waals surface area (Å²) in [4.78, 5) is 16.4. The van der Waals surface area contributed by atoms with Crippen LogP contribution in [0.3, 0.4) is 0 Å². The van der Waals surface area contributed by atoms with Crippen molar-refractivity contribution in [2.24, 2.45) is 0 Å². The number of rotatable bonds is 9. The molecule has 3 aromatic rings. The van der Waals surface area contributed by atoms with Gasteiger partial charge in [-0.1, -0.05) is 37.3 Å². The van der Waals surface area contributed by atoms with Gasteiger partial charge < -0.3 is 16.0 Å². The van der Waals surface area contributed by atoms with Crippen molar-refractivity contribution in [3.8, 4) is 0 Å². The molecule has 0 unspecified atom stereocenters. The quantitative estimate of drug-likeness (QED) is 0.496. The zero-order valence-electron chi connectivity index (χ0n) is 15.8. The van der Waals surface area contributed by atoms with Gasteiger partial charge in [0.05, 0.1) is 5.92 Å². The largest absolute Gasteiger partial charge is 0.367 e. The highest BCUT2D eigenvalue weighted by molar-refractivity contribution is 5.83. The first-order chi connectivity index (χ1) is 13.8. The molecule has 0 saturated heterocycles. The number of benzene rings is 1. The number of hydrogen-bond acceptors (Lipinski definition) is 6. The Morgan fingerprint density at radius 3 is 2.32 bits per heavy atom. The van der Waals surface area contributed by atoms with E-state index in [1.54, 1.807) is 12.4 Å². The molecule has 0 radical (unpaired) electrons. The van der Waals surface area contributed by atoms with Crippen LogP contribution in [0.25, 0.3) is 0 Å². The smallest absolute Gasteiger partial charge is 0.227 e. The average molecular weight is 376 g/mol. The minimum atomic E-state index is -0.125. The summed E-state index contributed by atoms with van der Waals surface area (Å²) in [5.41, 5.74) is 1.94. The molecule has 0 aliphatic carbocycles. The van der Waals surface area contributed by atoms with Crippen molar-refractivity contribution in [1.82, 2.24) is 20.5 Å². The summed E-state index contributed by atoms with van der Waals surface area (Å²) >= 11 is 0. The zero-order chi connectivity index (χ0) is 19.6.